The normalized spacial score (nSPS) is 14.4. The number of carboxylic acids is 1. The first-order valence-corrected chi connectivity index (χ1v) is 8.96. The van der Waals surface area contributed by atoms with Crippen molar-refractivity contribution in [1.29, 1.82) is 0 Å². The van der Waals surface area contributed by atoms with E-state index in [1.807, 2.05) is 4.90 Å². The largest absolute Gasteiger partial charge is 0.477 e. The van der Waals surface area contributed by atoms with Gasteiger partial charge in [-0.3, -0.25) is 4.79 Å². The zero-order chi connectivity index (χ0) is 19.8. The number of benzene rings is 1. The van der Waals surface area contributed by atoms with Crippen LogP contribution in [0.15, 0.2) is 41.3 Å². The lowest BCUT2D eigenvalue weighted by Gasteiger charge is -2.28. The molecule has 1 aromatic carbocycles. The summed E-state index contributed by atoms with van der Waals surface area (Å²) < 4.78 is 29.5. The number of piperidine rings is 1. The number of hydrogen-bond donors (Lipinski definition) is 1. The van der Waals surface area contributed by atoms with Crippen LogP contribution in [0, 0.1) is 11.6 Å². The summed E-state index contributed by atoms with van der Waals surface area (Å²) in [6.07, 6.45) is 4.04. The molecule has 1 saturated heterocycles. The van der Waals surface area contributed by atoms with Crippen molar-refractivity contribution in [2.24, 2.45) is 0 Å². The highest BCUT2D eigenvalue weighted by Gasteiger charge is 2.22. The summed E-state index contributed by atoms with van der Waals surface area (Å²) in [5.74, 6) is -2.42. The number of aromatic nitrogens is 2. The smallest absolute Gasteiger partial charge is 0.341 e. The second kappa shape index (κ2) is 7.03. The Kier molecular flexibility index (Phi) is 4.54. The second-order valence-electron chi connectivity index (χ2n) is 6.74. The third kappa shape index (κ3) is 3.11. The quantitative estimate of drug-likeness (QED) is 0.748. The molecule has 6 nitrogen and oxygen atoms in total. The molecule has 0 amide bonds. The number of aromatic carboxylic acids is 1. The fraction of sp³-hybridized carbons (Fsp3) is 0.250. The molecule has 4 rings (SSSR count). The first-order valence-electron chi connectivity index (χ1n) is 8.96. The molecular formula is C20H17F2N3O3. The van der Waals surface area contributed by atoms with Crippen molar-refractivity contribution in [3.63, 3.8) is 0 Å². The van der Waals surface area contributed by atoms with Gasteiger partial charge in [-0.25, -0.2) is 18.6 Å². The van der Waals surface area contributed by atoms with Gasteiger partial charge >= 0.3 is 5.97 Å². The van der Waals surface area contributed by atoms with Crippen molar-refractivity contribution in [3.8, 4) is 5.69 Å². The second-order valence-corrected chi connectivity index (χ2v) is 6.74. The van der Waals surface area contributed by atoms with E-state index < -0.39 is 28.6 Å². The molecule has 0 spiro atoms. The zero-order valence-corrected chi connectivity index (χ0v) is 14.9. The van der Waals surface area contributed by atoms with Gasteiger partial charge < -0.3 is 14.6 Å². The van der Waals surface area contributed by atoms with Gasteiger partial charge in [0.05, 0.1) is 5.39 Å². The van der Waals surface area contributed by atoms with E-state index in [1.165, 1.54) is 28.8 Å². The minimum atomic E-state index is -1.43. The van der Waals surface area contributed by atoms with Gasteiger partial charge in [-0.15, -0.1) is 0 Å². The standard InChI is InChI=1S/C20H17F2N3O3/c21-12-4-6-13(7-5-12)25-11-15(20(27)28)17(26)14-10-16(22)19(23-18(14)25)24-8-2-1-3-9-24/h4-7,10-11H,1-3,8-9H2,(H,27,28). The molecule has 3 heterocycles. The fourth-order valence-corrected chi connectivity index (χ4v) is 3.49. The molecule has 144 valence electrons. The van der Waals surface area contributed by atoms with Crippen LogP contribution >= 0.6 is 0 Å². The van der Waals surface area contributed by atoms with Crippen molar-refractivity contribution in [3.05, 3.63) is 63.9 Å². The Morgan fingerprint density at radius 1 is 1.07 bits per heavy atom. The molecule has 1 aliphatic rings. The minimum absolute atomic E-state index is 0.128. The zero-order valence-electron chi connectivity index (χ0n) is 14.9. The van der Waals surface area contributed by atoms with Gasteiger partial charge in [-0.2, -0.15) is 0 Å². The average molecular weight is 385 g/mol. The third-order valence-electron chi connectivity index (χ3n) is 4.90. The SMILES string of the molecule is O=C(O)c1cn(-c2ccc(F)cc2)c2nc(N3CCCCC3)c(F)cc2c1=O. The molecule has 3 aromatic rings. The molecule has 0 atom stereocenters. The van der Waals surface area contributed by atoms with Crippen LogP contribution in [0.25, 0.3) is 16.7 Å². The number of fused-ring (bicyclic) bond motifs is 1. The topological polar surface area (TPSA) is 75.4 Å². The molecule has 0 radical (unpaired) electrons. The predicted molar refractivity (Wildman–Crippen MR) is 100 cm³/mol. The van der Waals surface area contributed by atoms with Crippen LogP contribution in [0.5, 0.6) is 0 Å². The molecule has 1 fully saturated rings. The predicted octanol–water partition coefficient (Wildman–Crippen LogP) is 3.35. The maximum atomic E-state index is 14.8. The maximum absolute atomic E-state index is 14.8. The van der Waals surface area contributed by atoms with Gasteiger partial charge in [-0.1, -0.05) is 0 Å². The number of hydrogen-bond acceptors (Lipinski definition) is 4. The van der Waals surface area contributed by atoms with E-state index in [0.29, 0.717) is 18.8 Å². The van der Waals surface area contributed by atoms with Crippen LogP contribution in [-0.2, 0) is 0 Å². The van der Waals surface area contributed by atoms with Crippen LogP contribution in [0.4, 0.5) is 14.6 Å². The first-order chi connectivity index (χ1) is 13.5. The third-order valence-corrected chi connectivity index (χ3v) is 4.90. The Labute approximate surface area is 158 Å². The van der Waals surface area contributed by atoms with E-state index in [-0.39, 0.29) is 16.9 Å². The van der Waals surface area contributed by atoms with E-state index in [9.17, 15) is 23.5 Å². The monoisotopic (exact) mass is 385 g/mol. The van der Waals surface area contributed by atoms with E-state index in [1.54, 1.807) is 0 Å². The van der Waals surface area contributed by atoms with Crippen molar-refractivity contribution in [1.82, 2.24) is 9.55 Å². The van der Waals surface area contributed by atoms with Crippen molar-refractivity contribution < 1.29 is 18.7 Å². The number of halogens is 2. The van der Waals surface area contributed by atoms with Gasteiger partial charge in [-0.05, 0) is 49.6 Å². The summed E-state index contributed by atoms with van der Waals surface area (Å²) in [5, 5.41) is 9.24. The van der Waals surface area contributed by atoms with Crippen LogP contribution in [0.1, 0.15) is 29.6 Å². The number of carbonyl (C=O) groups is 1. The Bertz CT molecular complexity index is 1120. The van der Waals surface area contributed by atoms with Gasteiger partial charge in [0.15, 0.2) is 17.3 Å². The summed E-state index contributed by atoms with van der Waals surface area (Å²) in [6, 6.07) is 6.36. The summed E-state index contributed by atoms with van der Waals surface area (Å²) >= 11 is 0. The van der Waals surface area contributed by atoms with E-state index in [4.69, 9.17) is 0 Å². The summed E-state index contributed by atoms with van der Waals surface area (Å²) in [6.45, 7) is 1.31. The molecule has 0 unspecified atom stereocenters. The number of rotatable bonds is 3. The van der Waals surface area contributed by atoms with E-state index >= 15 is 0 Å². The van der Waals surface area contributed by atoms with E-state index in [2.05, 4.69) is 4.98 Å². The van der Waals surface area contributed by atoms with Gasteiger partial charge in [0.1, 0.15) is 11.4 Å². The van der Waals surface area contributed by atoms with E-state index in [0.717, 1.165) is 31.5 Å². The average Bonchev–Trinajstić information content (AvgIpc) is 2.69. The Morgan fingerprint density at radius 2 is 1.75 bits per heavy atom. The van der Waals surface area contributed by atoms with Crippen LogP contribution < -0.4 is 10.3 Å². The number of nitrogens with zero attached hydrogens (tertiary/aromatic N) is 3. The summed E-state index contributed by atoms with van der Waals surface area (Å²) in [7, 11) is 0. The highest BCUT2D eigenvalue weighted by Crippen LogP contribution is 2.25. The minimum Gasteiger partial charge on any atom is -0.477 e. The Hall–Kier alpha value is -3.29. The Morgan fingerprint density at radius 3 is 2.39 bits per heavy atom. The molecule has 0 saturated carbocycles. The van der Waals surface area contributed by atoms with Crippen LogP contribution in [0.3, 0.4) is 0 Å². The summed E-state index contributed by atoms with van der Waals surface area (Å²) in [4.78, 5) is 30.3. The molecule has 8 heteroatoms. The maximum Gasteiger partial charge on any atom is 0.341 e. The first kappa shape index (κ1) is 18.1. The summed E-state index contributed by atoms with van der Waals surface area (Å²) in [5.41, 5.74) is -0.776. The number of pyridine rings is 2. The lowest BCUT2D eigenvalue weighted by Crippen LogP contribution is -2.31. The molecule has 2 aromatic heterocycles. The fourth-order valence-electron chi connectivity index (χ4n) is 3.49. The molecular weight excluding hydrogens is 368 g/mol. The lowest BCUT2D eigenvalue weighted by atomic mass is 10.1. The molecule has 28 heavy (non-hydrogen) atoms. The van der Waals surface area contributed by atoms with Crippen molar-refractivity contribution in [2.45, 2.75) is 19.3 Å². The van der Waals surface area contributed by atoms with Crippen molar-refractivity contribution >= 4 is 22.8 Å². The molecule has 0 bridgehead atoms. The number of carboxylic acid groups (broad SMARTS) is 1. The van der Waals surface area contributed by atoms with Crippen LogP contribution in [0.2, 0.25) is 0 Å². The Balaban J connectivity index is 2.01. The van der Waals surface area contributed by atoms with Crippen molar-refractivity contribution in [2.75, 3.05) is 18.0 Å². The van der Waals surface area contributed by atoms with Gasteiger partial charge in [0.2, 0.25) is 5.43 Å². The number of anilines is 1. The lowest BCUT2D eigenvalue weighted by molar-refractivity contribution is 0.0695. The van der Waals surface area contributed by atoms with Crippen LogP contribution in [-0.4, -0.2) is 33.7 Å². The molecule has 0 aliphatic carbocycles. The molecule has 1 N–H and O–H groups in total. The highest BCUT2D eigenvalue weighted by atomic mass is 19.1. The highest BCUT2D eigenvalue weighted by molar-refractivity contribution is 5.92. The van der Waals surface area contributed by atoms with Gasteiger partial charge in [0, 0.05) is 25.0 Å². The molecule has 1 aliphatic heterocycles. The van der Waals surface area contributed by atoms with Gasteiger partial charge in [0.25, 0.3) is 0 Å².